The second-order valence-corrected chi connectivity index (χ2v) is 8.08. The van der Waals surface area contributed by atoms with Crippen molar-refractivity contribution in [3.05, 3.63) is 71.8 Å². The van der Waals surface area contributed by atoms with E-state index in [4.69, 9.17) is 0 Å². The molecule has 0 fully saturated rings. The molecule has 1 aromatic heterocycles. The van der Waals surface area contributed by atoms with Crippen molar-refractivity contribution in [2.45, 2.75) is 18.8 Å². The molecule has 0 saturated carbocycles. The number of carbonyl (C=O) groups is 1. The molecular formula is C22H19F6N3OS. The fourth-order valence-corrected chi connectivity index (χ4v) is 3.55. The standard InChI is InChI=1S/C22H19F6N3OS/c1-33-8-2-7-30-20(32)19-12-29-13-31(19)18-5-3-14(4-6-18)15-9-16(21(23,24)25)11-17(10-15)22(26,27)28/h3-6,9-13H,2,7-8H2,1H3,(H,30,32). The highest BCUT2D eigenvalue weighted by molar-refractivity contribution is 7.98. The molecule has 1 heterocycles. The Morgan fingerprint density at radius 1 is 0.970 bits per heavy atom. The van der Waals surface area contributed by atoms with Crippen LogP contribution in [0.3, 0.4) is 0 Å². The first-order valence-corrected chi connectivity index (χ1v) is 11.1. The van der Waals surface area contributed by atoms with Crippen molar-refractivity contribution in [2.24, 2.45) is 0 Å². The van der Waals surface area contributed by atoms with Gasteiger partial charge in [-0.25, -0.2) is 4.98 Å². The summed E-state index contributed by atoms with van der Waals surface area (Å²) in [6.07, 6.45) is -4.32. The van der Waals surface area contributed by atoms with Crippen molar-refractivity contribution in [1.82, 2.24) is 14.9 Å². The third kappa shape index (κ3) is 6.10. The van der Waals surface area contributed by atoms with Crippen LogP contribution >= 0.6 is 11.8 Å². The number of aromatic nitrogens is 2. The van der Waals surface area contributed by atoms with Gasteiger partial charge in [-0.1, -0.05) is 12.1 Å². The van der Waals surface area contributed by atoms with Crippen LogP contribution < -0.4 is 5.32 Å². The van der Waals surface area contributed by atoms with Crippen molar-refractivity contribution < 1.29 is 31.1 Å². The topological polar surface area (TPSA) is 46.9 Å². The SMILES string of the molecule is CSCCCNC(=O)c1cncn1-c1ccc(-c2cc(C(F)(F)F)cc(C(F)(F)F)c2)cc1. The molecule has 0 unspecified atom stereocenters. The second-order valence-electron chi connectivity index (χ2n) is 7.09. The molecule has 1 N–H and O–H groups in total. The molecule has 0 aliphatic rings. The first-order chi connectivity index (χ1) is 15.5. The van der Waals surface area contributed by atoms with E-state index in [0.29, 0.717) is 24.4 Å². The molecular weight excluding hydrogens is 468 g/mol. The molecule has 2 aromatic carbocycles. The lowest BCUT2D eigenvalue weighted by Crippen LogP contribution is -2.26. The van der Waals surface area contributed by atoms with Crippen molar-refractivity contribution in [3.63, 3.8) is 0 Å². The van der Waals surface area contributed by atoms with Gasteiger partial charge in [0.15, 0.2) is 0 Å². The minimum atomic E-state index is -4.93. The number of thioether (sulfide) groups is 1. The molecule has 4 nitrogen and oxygen atoms in total. The monoisotopic (exact) mass is 487 g/mol. The number of nitrogens with zero attached hydrogens (tertiary/aromatic N) is 2. The minimum absolute atomic E-state index is 0.0907. The van der Waals surface area contributed by atoms with E-state index in [2.05, 4.69) is 10.3 Å². The van der Waals surface area contributed by atoms with E-state index >= 15 is 0 Å². The van der Waals surface area contributed by atoms with Gasteiger partial charge < -0.3 is 5.32 Å². The van der Waals surface area contributed by atoms with Crippen LogP contribution in [-0.4, -0.2) is 34.0 Å². The number of benzene rings is 2. The molecule has 11 heteroatoms. The summed E-state index contributed by atoms with van der Waals surface area (Å²) in [5.41, 5.74) is -2.09. The van der Waals surface area contributed by atoms with Gasteiger partial charge in [-0.05, 0) is 59.9 Å². The predicted molar refractivity (Wildman–Crippen MR) is 114 cm³/mol. The summed E-state index contributed by atoms with van der Waals surface area (Å²) in [7, 11) is 0. The van der Waals surface area contributed by atoms with Gasteiger partial charge in [0.2, 0.25) is 0 Å². The Kier molecular flexibility index (Phi) is 7.41. The fraction of sp³-hybridized carbons (Fsp3) is 0.273. The van der Waals surface area contributed by atoms with Gasteiger partial charge in [0, 0.05) is 12.2 Å². The molecule has 0 bridgehead atoms. The second kappa shape index (κ2) is 9.90. The summed E-state index contributed by atoms with van der Waals surface area (Å²) in [6.45, 7) is 0.487. The van der Waals surface area contributed by atoms with Crippen molar-refractivity contribution >= 4 is 17.7 Å². The lowest BCUT2D eigenvalue weighted by Gasteiger charge is -2.15. The average molecular weight is 487 g/mol. The zero-order valence-electron chi connectivity index (χ0n) is 17.3. The lowest BCUT2D eigenvalue weighted by molar-refractivity contribution is -0.143. The average Bonchev–Trinajstić information content (AvgIpc) is 3.25. The van der Waals surface area contributed by atoms with E-state index in [-0.39, 0.29) is 28.8 Å². The summed E-state index contributed by atoms with van der Waals surface area (Å²) >= 11 is 1.66. The van der Waals surface area contributed by atoms with Crippen molar-refractivity contribution in [1.29, 1.82) is 0 Å². The Balaban J connectivity index is 1.89. The summed E-state index contributed by atoms with van der Waals surface area (Å²) in [5.74, 6) is 0.553. The minimum Gasteiger partial charge on any atom is -0.351 e. The molecule has 33 heavy (non-hydrogen) atoms. The number of hydrogen-bond acceptors (Lipinski definition) is 3. The quantitative estimate of drug-likeness (QED) is 0.326. The number of halogens is 6. The van der Waals surface area contributed by atoms with Crippen LogP contribution in [0.25, 0.3) is 16.8 Å². The Morgan fingerprint density at radius 3 is 2.12 bits per heavy atom. The van der Waals surface area contributed by atoms with Gasteiger partial charge in [-0.3, -0.25) is 9.36 Å². The van der Waals surface area contributed by atoms with Gasteiger partial charge in [-0.15, -0.1) is 0 Å². The Hall–Kier alpha value is -2.95. The predicted octanol–water partition coefficient (Wildman–Crippen LogP) is 6.06. The maximum absolute atomic E-state index is 13.1. The van der Waals surface area contributed by atoms with Crippen LogP contribution in [0, 0.1) is 0 Å². The number of nitrogens with one attached hydrogen (secondary N) is 1. The summed E-state index contributed by atoms with van der Waals surface area (Å²) in [5, 5.41) is 2.78. The number of imidazole rings is 1. The van der Waals surface area contributed by atoms with E-state index < -0.39 is 23.5 Å². The smallest absolute Gasteiger partial charge is 0.351 e. The molecule has 0 aliphatic carbocycles. The van der Waals surface area contributed by atoms with Crippen LogP contribution in [0.1, 0.15) is 28.0 Å². The van der Waals surface area contributed by atoms with Crippen LogP contribution in [0.4, 0.5) is 26.3 Å². The maximum Gasteiger partial charge on any atom is 0.416 e. The first kappa shape index (κ1) is 24.7. The van der Waals surface area contributed by atoms with Gasteiger partial charge in [0.1, 0.15) is 5.69 Å². The molecule has 3 rings (SSSR count). The fourth-order valence-electron chi connectivity index (χ4n) is 3.11. The molecule has 1 amide bonds. The van der Waals surface area contributed by atoms with Crippen molar-refractivity contribution in [3.8, 4) is 16.8 Å². The highest BCUT2D eigenvalue weighted by Crippen LogP contribution is 2.38. The van der Waals surface area contributed by atoms with E-state index in [9.17, 15) is 31.1 Å². The highest BCUT2D eigenvalue weighted by atomic mass is 32.2. The maximum atomic E-state index is 13.1. The molecule has 0 aliphatic heterocycles. The molecule has 0 spiro atoms. The third-order valence-electron chi connectivity index (χ3n) is 4.75. The number of carbonyl (C=O) groups excluding carboxylic acids is 1. The van der Waals surface area contributed by atoms with Crippen LogP contribution in [-0.2, 0) is 12.4 Å². The van der Waals surface area contributed by atoms with Crippen LogP contribution in [0.2, 0.25) is 0 Å². The molecule has 0 radical (unpaired) electrons. The van der Waals surface area contributed by atoms with Gasteiger partial charge >= 0.3 is 12.4 Å². The van der Waals surface area contributed by atoms with Gasteiger partial charge in [0.25, 0.3) is 5.91 Å². The third-order valence-corrected chi connectivity index (χ3v) is 5.45. The number of rotatable bonds is 7. The molecule has 0 atom stereocenters. The zero-order chi connectivity index (χ0) is 24.2. The van der Waals surface area contributed by atoms with Crippen molar-refractivity contribution in [2.75, 3.05) is 18.6 Å². The van der Waals surface area contributed by atoms with Gasteiger partial charge in [0.05, 0.1) is 23.7 Å². The zero-order valence-corrected chi connectivity index (χ0v) is 18.1. The van der Waals surface area contributed by atoms with E-state index in [1.807, 2.05) is 6.26 Å². The van der Waals surface area contributed by atoms with E-state index in [1.54, 1.807) is 11.8 Å². The van der Waals surface area contributed by atoms with Crippen LogP contribution in [0.5, 0.6) is 0 Å². The molecule has 3 aromatic rings. The number of alkyl halides is 6. The number of hydrogen-bond donors (Lipinski definition) is 1. The summed E-state index contributed by atoms with van der Waals surface area (Å²) in [6, 6.07) is 7.22. The van der Waals surface area contributed by atoms with Crippen LogP contribution in [0.15, 0.2) is 55.0 Å². The largest absolute Gasteiger partial charge is 0.416 e. The summed E-state index contributed by atoms with van der Waals surface area (Å²) < 4.78 is 80.3. The molecule has 0 saturated heterocycles. The van der Waals surface area contributed by atoms with E-state index in [0.717, 1.165) is 12.2 Å². The highest BCUT2D eigenvalue weighted by Gasteiger charge is 2.37. The Morgan fingerprint density at radius 2 is 1.58 bits per heavy atom. The van der Waals surface area contributed by atoms with E-state index in [1.165, 1.54) is 41.4 Å². The Bertz CT molecular complexity index is 1070. The Labute approximate surface area is 190 Å². The molecule has 176 valence electrons. The normalized spacial score (nSPS) is 12.1. The summed E-state index contributed by atoms with van der Waals surface area (Å²) in [4.78, 5) is 16.4. The van der Waals surface area contributed by atoms with Gasteiger partial charge in [-0.2, -0.15) is 38.1 Å². The first-order valence-electron chi connectivity index (χ1n) is 9.70. The lowest BCUT2D eigenvalue weighted by atomic mass is 9.99. The number of amides is 1.